The molecule has 0 atom stereocenters. The minimum absolute atomic E-state index is 0.257. The first-order valence-electron chi connectivity index (χ1n) is 17.8. The Morgan fingerprint density at radius 3 is 1.28 bits per heavy atom. The van der Waals surface area contributed by atoms with Crippen LogP contribution in [0.1, 0.15) is 200 Å². The summed E-state index contributed by atoms with van der Waals surface area (Å²) >= 11 is 0. The molecular weight excluding hydrogens is 478 g/mol. The Kier molecular flexibility index (Phi) is 34.4. The topological polar surface area (TPSA) is 49.3 Å². The zero-order valence-corrected chi connectivity index (χ0v) is 26.6. The minimum Gasteiger partial charge on any atom is -0.396 e. The van der Waals surface area contributed by atoms with Crippen LogP contribution in [0.15, 0.2) is 12.2 Å². The maximum Gasteiger partial charge on any atom is 0.219 e. The summed E-state index contributed by atoms with van der Waals surface area (Å²) in [6, 6.07) is 0. The van der Waals surface area contributed by atoms with Gasteiger partial charge in [0, 0.05) is 19.6 Å². The zero-order valence-electron chi connectivity index (χ0n) is 26.6. The molecule has 3 nitrogen and oxygen atoms in total. The molecule has 1 amide bonds. The van der Waals surface area contributed by atoms with Crippen LogP contribution in [0.2, 0.25) is 0 Å². The van der Waals surface area contributed by atoms with E-state index in [1.54, 1.807) is 0 Å². The fourth-order valence-electron chi connectivity index (χ4n) is 5.38. The number of aliphatic hydroxyl groups is 1. The second-order valence-corrected chi connectivity index (χ2v) is 12.1. The normalized spacial score (nSPS) is 11.5. The lowest BCUT2D eigenvalue weighted by Gasteiger charge is -2.06. The van der Waals surface area contributed by atoms with Crippen LogP contribution < -0.4 is 5.32 Å². The Balaban J connectivity index is 3.19. The van der Waals surface area contributed by atoms with Crippen molar-refractivity contribution in [3.05, 3.63) is 12.2 Å². The molecule has 0 saturated carbocycles. The van der Waals surface area contributed by atoms with Crippen LogP contribution in [0.5, 0.6) is 0 Å². The molecule has 0 aromatic heterocycles. The van der Waals surface area contributed by atoms with Crippen LogP contribution in [-0.4, -0.2) is 24.2 Å². The SMILES string of the molecule is CCCCCCCCCCCCCCCCCCNC(=O)CCCCCCCC=CCCCCCCCCO. The Morgan fingerprint density at radius 2 is 0.846 bits per heavy atom. The molecule has 0 unspecified atom stereocenters. The minimum atomic E-state index is 0.257. The molecule has 0 aromatic rings. The molecule has 0 aliphatic heterocycles. The van der Waals surface area contributed by atoms with E-state index in [-0.39, 0.29) is 5.91 Å². The number of allylic oxidation sites excluding steroid dienone is 2. The number of aliphatic hydroxyl groups excluding tert-OH is 1. The molecule has 0 fully saturated rings. The van der Waals surface area contributed by atoms with E-state index in [9.17, 15) is 4.79 Å². The Bertz CT molecular complexity index is 490. The van der Waals surface area contributed by atoms with Crippen molar-refractivity contribution >= 4 is 5.91 Å². The van der Waals surface area contributed by atoms with Crippen LogP contribution in [-0.2, 0) is 4.79 Å². The average Bonchev–Trinajstić information content (AvgIpc) is 2.94. The first kappa shape index (κ1) is 38.2. The molecule has 0 aromatic carbocycles. The van der Waals surface area contributed by atoms with Gasteiger partial charge in [0.2, 0.25) is 5.91 Å². The number of nitrogens with one attached hydrogen (secondary N) is 1. The van der Waals surface area contributed by atoms with E-state index in [0.717, 1.165) is 25.8 Å². The van der Waals surface area contributed by atoms with Gasteiger partial charge in [0.1, 0.15) is 0 Å². The summed E-state index contributed by atoms with van der Waals surface area (Å²) in [6.07, 6.45) is 43.5. The van der Waals surface area contributed by atoms with Crippen LogP contribution in [0.3, 0.4) is 0 Å². The number of amides is 1. The second-order valence-electron chi connectivity index (χ2n) is 12.1. The highest BCUT2D eigenvalue weighted by Crippen LogP contribution is 2.14. The number of hydrogen-bond acceptors (Lipinski definition) is 2. The third kappa shape index (κ3) is 35.1. The van der Waals surface area contributed by atoms with Crippen molar-refractivity contribution in [3.8, 4) is 0 Å². The van der Waals surface area contributed by atoms with Gasteiger partial charge in [-0.1, -0.05) is 160 Å². The third-order valence-corrected chi connectivity index (χ3v) is 8.07. The van der Waals surface area contributed by atoms with E-state index in [0.29, 0.717) is 13.0 Å². The zero-order chi connectivity index (χ0) is 28.3. The van der Waals surface area contributed by atoms with Gasteiger partial charge in [-0.15, -0.1) is 0 Å². The van der Waals surface area contributed by atoms with Crippen LogP contribution in [0.4, 0.5) is 0 Å². The van der Waals surface area contributed by atoms with Crippen molar-refractivity contribution in [2.24, 2.45) is 0 Å². The van der Waals surface area contributed by atoms with Gasteiger partial charge in [-0.2, -0.15) is 0 Å². The molecule has 0 aliphatic rings. The molecule has 0 spiro atoms. The summed E-state index contributed by atoms with van der Waals surface area (Å²) in [5.41, 5.74) is 0. The van der Waals surface area contributed by atoms with Gasteiger partial charge in [-0.25, -0.2) is 0 Å². The molecule has 39 heavy (non-hydrogen) atoms. The van der Waals surface area contributed by atoms with E-state index < -0.39 is 0 Å². The number of carbonyl (C=O) groups is 1. The van der Waals surface area contributed by atoms with E-state index in [2.05, 4.69) is 24.4 Å². The van der Waals surface area contributed by atoms with Crippen LogP contribution in [0.25, 0.3) is 0 Å². The number of unbranched alkanes of at least 4 members (excludes halogenated alkanes) is 26. The lowest BCUT2D eigenvalue weighted by molar-refractivity contribution is -0.121. The quantitative estimate of drug-likeness (QED) is 0.0631. The van der Waals surface area contributed by atoms with E-state index in [1.165, 1.54) is 167 Å². The molecule has 0 saturated heterocycles. The molecule has 2 N–H and O–H groups in total. The first-order valence-corrected chi connectivity index (χ1v) is 17.8. The molecule has 0 aliphatic carbocycles. The van der Waals surface area contributed by atoms with Crippen LogP contribution in [0, 0.1) is 0 Å². The summed E-state index contributed by atoms with van der Waals surface area (Å²) in [4.78, 5) is 12.0. The Labute approximate surface area is 245 Å². The van der Waals surface area contributed by atoms with E-state index >= 15 is 0 Å². The fourth-order valence-corrected chi connectivity index (χ4v) is 5.38. The van der Waals surface area contributed by atoms with Crippen molar-refractivity contribution in [1.29, 1.82) is 0 Å². The largest absolute Gasteiger partial charge is 0.396 e. The molecule has 0 bridgehead atoms. The fraction of sp³-hybridized carbons (Fsp3) is 0.917. The van der Waals surface area contributed by atoms with Crippen molar-refractivity contribution in [3.63, 3.8) is 0 Å². The van der Waals surface area contributed by atoms with Crippen molar-refractivity contribution in [1.82, 2.24) is 5.32 Å². The highest BCUT2D eigenvalue weighted by atomic mass is 16.2. The summed E-state index contributed by atoms with van der Waals surface area (Å²) < 4.78 is 0. The van der Waals surface area contributed by atoms with E-state index in [1.807, 2.05) is 0 Å². The molecule has 0 rings (SSSR count). The average molecular weight is 550 g/mol. The number of hydrogen-bond donors (Lipinski definition) is 2. The van der Waals surface area contributed by atoms with Crippen molar-refractivity contribution in [2.75, 3.05) is 13.2 Å². The summed E-state index contributed by atoms with van der Waals surface area (Å²) in [5.74, 6) is 0.257. The van der Waals surface area contributed by atoms with Gasteiger partial charge in [-0.3, -0.25) is 4.79 Å². The van der Waals surface area contributed by atoms with Gasteiger partial charge in [0.05, 0.1) is 0 Å². The van der Waals surface area contributed by atoms with Gasteiger partial charge in [0.15, 0.2) is 0 Å². The maximum atomic E-state index is 12.0. The highest BCUT2D eigenvalue weighted by Gasteiger charge is 2.01. The molecular formula is C36H71NO2. The van der Waals surface area contributed by atoms with Gasteiger partial charge in [-0.05, 0) is 44.9 Å². The molecule has 232 valence electrons. The predicted molar refractivity (Wildman–Crippen MR) is 173 cm³/mol. The maximum absolute atomic E-state index is 12.0. The second kappa shape index (κ2) is 35.2. The lowest BCUT2D eigenvalue weighted by atomic mass is 10.0. The van der Waals surface area contributed by atoms with Gasteiger partial charge >= 0.3 is 0 Å². The highest BCUT2D eigenvalue weighted by molar-refractivity contribution is 5.75. The summed E-state index contributed by atoms with van der Waals surface area (Å²) in [6.45, 7) is 3.50. The van der Waals surface area contributed by atoms with Crippen molar-refractivity contribution < 1.29 is 9.90 Å². The van der Waals surface area contributed by atoms with Crippen LogP contribution >= 0.6 is 0 Å². The van der Waals surface area contributed by atoms with Crippen molar-refractivity contribution in [2.45, 2.75) is 200 Å². The van der Waals surface area contributed by atoms with E-state index in [4.69, 9.17) is 5.11 Å². The monoisotopic (exact) mass is 550 g/mol. The predicted octanol–water partition coefficient (Wildman–Crippen LogP) is 11.4. The standard InChI is InChI=1S/C36H71NO2/c1-2-3-4-5-6-7-8-9-10-13-16-19-22-25-28-31-34-37-36(39)33-30-27-24-21-18-15-12-11-14-17-20-23-26-29-32-35-38/h11-12,38H,2-10,13-35H2,1H3,(H,37,39). The first-order chi connectivity index (χ1) is 19.3. The van der Waals surface area contributed by atoms with Gasteiger partial charge < -0.3 is 10.4 Å². The number of rotatable bonds is 33. The molecule has 0 heterocycles. The summed E-state index contributed by atoms with van der Waals surface area (Å²) in [7, 11) is 0. The lowest BCUT2D eigenvalue weighted by Crippen LogP contribution is -2.23. The molecule has 3 heteroatoms. The summed E-state index contributed by atoms with van der Waals surface area (Å²) in [5, 5.41) is 11.9. The van der Waals surface area contributed by atoms with Gasteiger partial charge in [0.25, 0.3) is 0 Å². The Morgan fingerprint density at radius 1 is 0.487 bits per heavy atom. The third-order valence-electron chi connectivity index (χ3n) is 8.07. The smallest absolute Gasteiger partial charge is 0.219 e. The number of carbonyl (C=O) groups excluding carboxylic acids is 1. The Hall–Kier alpha value is -0.830. The molecule has 0 radical (unpaired) electrons.